The highest BCUT2D eigenvalue weighted by Gasteiger charge is 2.14. The number of hydrogen-bond donors (Lipinski definition) is 1. The Hall–Kier alpha value is -2.67. The Bertz CT molecular complexity index is 912. The number of benzene rings is 2. The first-order valence-corrected chi connectivity index (χ1v) is 8.42. The van der Waals surface area contributed by atoms with Gasteiger partial charge in [0.25, 0.3) is 5.91 Å². The Labute approximate surface area is 147 Å². The smallest absolute Gasteiger partial charge is 0.256 e. The standard InChI is InChI=1S/C18H14F2N2O2S/c1-11-8-13(24-22-11)10-25-17-5-3-2-4-14(17)18(23)21-16-7-6-12(19)9-15(16)20/h2-9H,10H2,1H3,(H,21,23). The van der Waals surface area contributed by atoms with Crippen LogP contribution in [-0.4, -0.2) is 11.1 Å². The zero-order valence-corrected chi connectivity index (χ0v) is 14.1. The molecule has 1 aromatic heterocycles. The van der Waals surface area contributed by atoms with Crippen LogP contribution < -0.4 is 5.32 Å². The summed E-state index contributed by atoms with van der Waals surface area (Å²) in [7, 11) is 0. The molecule has 0 bridgehead atoms. The van der Waals surface area contributed by atoms with Gasteiger partial charge in [0.05, 0.1) is 22.7 Å². The average Bonchev–Trinajstić information content (AvgIpc) is 3.01. The minimum absolute atomic E-state index is 0.0722. The summed E-state index contributed by atoms with van der Waals surface area (Å²) < 4.78 is 31.8. The quantitative estimate of drug-likeness (QED) is 0.664. The lowest BCUT2D eigenvalue weighted by Crippen LogP contribution is -2.14. The second kappa shape index (κ2) is 7.48. The maximum absolute atomic E-state index is 13.7. The van der Waals surface area contributed by atoms with Crippen molar-refractivity contribution in [3.8, 4) is 0 Å². The summed E-state index contributed by atoms with van der Waals surface area (Å²) >= 11 is 1.41. The number of hydrogen-bond acceptors (Lipinski definition) is 4. The number of amides is 1. The van der Waals surface area contributed by atoms with E-state index in [1.807, 2.05) is 19.1 Å². The van der Waals surface area contributed by atoms with E-state index >= 15 is 0 Å². The first-order chi connectivity index (χ1) is 12.0. The van der Waals surface area contributed by atoms with Crippen molar-refractivity contribution in [2.75, 3.05) is 5.32 Å². The summed E-state index contributed by atoms with van der Waals surface area (Å²) in [6.45, 7) is 1.83. The number of halogens is 2. The zero-order valence-electron chi connectivity index (χ0n) is 13.3. The van der Waals surface area contributed by atoms with Crippen LogP contribution >= 0.6 is 11.8 Å². The fraction of sp³-hybridized carbons (Fsp3) is 0.111. The molecule has 0 fully saturated rings. The molecule has 4 nitrogen and oxygen atoms in total. The first kappa shape index (κ1) is 17.2. The molecule has 0 atom stereocenters. The van der Waals surface area contributed by atoms with Crippen LogP contribution in [0.2, 0.25) is 0 Å². The summed E-state index contributed by atoms with van der Waals surface area (Å²) in [6.07, 6.45) is 0. The van der Waals surface area contributed by atoms with E-state index in [0.29, 0.717) is 17.1 Å². The highest BCUT2D eigenvalue weighted by Crippen LogP contribution is 2.27. The molecule has 0 spiro atoms. The van der Waals surface area contributed by atoms with Crippen molar-refractivity contribution in [3.63, 3.8) is 0 Å². The Morgan fingerprint density at radius 1 is 1.20 bits per heavy atom. The van der Waals surface area contributed by atoms with E-state index in [1.54, 1.807) is 18.2 Å². The molecule has 0 aliphatic heterocycles. The topological polar surface area (TPSA) is 55.1 Å². The largest absolute Gasteiger partial charge is 0.360 e. The summed E-state index contributed by atoms with van der Waals surface area (Å²) in [5.74, 6) is -0.787. The van der Waals surface area contributed by atoms with Crippen LogP contribution in [-0.2, 0) is 5.75 Å². The van der Waals surface area contributed by atoms with E-state index in [0.717, 1.165) is 22.7 Å². The van der Waals surface area contributed by atoms with Gasteiger partial charge in [0, 0.05) is 17.0 Å². The van der Waals surface area contributed by atoms with Crippen LogP contribution in [0.4, 0.5) is 14.5 Å². The van der Waals surface area contributed by atoms with Crippen molar-refractivity contribution in [2.24, 2.45) is 0 Å². The molecule has 1 N–H and O–H groups in total. The first-order valence-electron chi connectivity index (χ1n) is 7.43. The van der Waals surface area contributed by atoms with Gasteiger partial charge in [-0.05, 0) is 31.2 Å². The van der Waals surface area contributed by atoms with Crippen LogP contribution in [0.25, 0.3) is 0 Å². The van der Waals surface area contributed by atoms with Gasteiger partial charge in [-0.3, -0.25) is 4.79 Å². The molecule has 0 aliphatic carbocycles. The predicted octanol–water partition coefficient (Wildman–Crippen LogP) is 4.81. The molecule has 25 heavy (non-hydrogen) atoms. The summed E-state index contributed by atoms with van der Waals surface area (Å²) in [4.78, 5) is 13.2. The average molecular weight is 360 g/mol. The number of thioether (sulfide) groups is 1. The second-order valence-corrected chi connectivity index (χ2v) is 6.31. The molecule has 128 valence electrons. The van der Waals surface area contributed by atoms with E-state index in [9.17, 15) is 13.6 Å². The van der Waals surface area contributed by atoms with Crippen molar-refractivity contribution in [1.82, 2.24) is 5.16 Å². The van der Waals surface area contributed by atoms with E-state index in [4.69, 9.17) is 4.52 Å². The molecule has 0 unspecified atom stereocenters. The van der Waals surface area contributed by atoms with Crippen molar-refractivity contribution in [2.45, 2.75) is 17.6 Å². The Balaban J connectivity index is 1.76. The van der Waals surface area contributed by atoms with Gasteiger partial charge in [-0.1, -0.05) is 17.3 Å². The lowest BCUT2D eigenvalue weighted by atomic mass is 10.2. The van der Waals surface area contributed by atoms with Crippen LogP contribution in [0.1, 0.15) is 21.8 Å². The molecule has 0 radical (unpaired) electrons. The van der Waals surface area contributed by atoms with Crippen molar-refractivity contribution < 1.29 is 18.1 Å². The predicted molar refractivity (Wildman–Crippen MR) is 91.6 cm³/mol. The van der Waals surface area contributed by atoms with E-state index in [2.05, 4.69) is 10.5 Å². The molecular formula is C18H14F2N2O2S. The van der Waals surface area contributed by atoms with Gasteiger partial charge in [-0.2, -0.15) is 0 Å². The zero-order chi connectivity index (χ0) is 17.8. The minimum atomic E-state index is -0.824. The van der Waals surface area contributed by atoms with E-state index in [1.165, 1.54) is 17.8 Å². The van der Waals surface area contributed by atoms with Crippen LogP contribution in [0.15, 0.2) is 57.9 Å². The molecule has 7 heteroatoms. The third kappa shape index (κ3) is 4.24. The minimum Gasteiger partial charge on any atom is -0.360 e. The fourth-order valence-electron chi connectivity index (χ4n) is 2.19. The molecule has 3 rings (SSSR count). The summed E-state index contributed by atoms with van der Waals surface area (Å²) in [5, 5.41) is 6.29. The summed E-state index contributed by atoms with van der Waals surface area (Å²) in [5.41, 5.74) is 1.11. The lowest BCUT2D eigenvalue weighted by molar-refractivity contribution is 0.102. The number of anilines is 1. The normalized spacial score (nSPS) is 10.7. The Morgan fingerprint density at radius 2 is 2.00 bits per heavy atom. The molecule has 1 amide bonds. The molecule has 3 aromatic rings. The Morgan fingerprint density at radius 3 is 2.72 bits per heavy atom. The number of nitrogens with zero attached hydrogens (tertiary/aromatic N) is 1. The number of rotatable bonds is 5. The number of aryl methyl sites for hydroxylation is 1. The maximum atomic E-state index is 13.7. The maximum Gasteiger partial charge on any atom is 0.256 e. The molecule has 0 aliphatic rings. The number of aromatic nitrogens is 1. The van der Waals surface area contributed by atoms with Gasteiger partial charge in [0.2, 0.25) is 0 Å². The van der Waals surface area contributed by atoms with Crippen molar-refractivity contribution >= 4 is 23.4 Å². The highest BCUT2D eigenvalue weighted by atomic mass is 32.2. The molecule has 1 heterocycles. The number of carbonyl (C=O) groups excluding carboxylic acids is 1. The van der Waals surface area contributed by atoms with E-state index in [-0.39, 0.29) is 5.69 Å². The van der Waals surface area contributed by atoms with Gasteiger partial charge in [0.1, 0.15) is 17.4 Å². The van der Waals surface area contributed by atoms with Crippen molar-refractivity contribution in [3.05, 3.63) is 77.2 Å². The molecule has 0 saturated carbocycles. The van der Waals surface area contributed by atoms with Crippen molar-refractivity contribution in [1.29, 1.82) is 0 Å². The van der Waals surface area contributed by atoms with Crippen LogP contribution in [0.3, 0.4) is 0 Å². The monoisotopic (exact) mass is 360 g/mol. The highest BCUT2D eigenvalue weighted by molar-refractivity contribution is 7.98. The van der Waals surface area contributed by atoms with Crippen LogP contribution in [0, 0.1) is 18.6 Å². The number of carbonyl (C=O) groups is 1. The molecular weight excluding hydrogens is 346 g/mol. The SMILES string of the molecule is Cc1cc(CSc2ccccc2C(=O)Nc2ccc(F)cc2F)on1. The van der Waals surface area contributed by atoms with Gasteiger partial charge >= 0.3 is 0 Å². The van der Waals surface area contributed by atoms with Gasteiger partial charge in [-0.25, -0.2) is 8.78 Å². The lowest BCUT2D eigenvalue weighted by Gasteiger charge is -2.10. The second-order valence-electron chi connectivity index (χ2n) is 5.30. The van der Waals surface area contributed by atoms with Gasteiger partial charge in [0.15, 0.2) is 0 Å². The Kier molecular flexibility index (Phi) is 5.14. The molecule has 2 aromatic carbocycles. The molecule has 0 saturated heterocycles. The third-order valence-electron chi connectivity index (χ3n) is 3.36. The van der Waals surface area contributed by atoms with Crippen LogP contribution in [0.5, 0.6) is 0 Å². The van der Waals surface area contributed by atoms with Gasteiger partial charge in [-0.15, -0.1) is 11.8 Å². The number of nitrogens with one attached hydrogen (secondary N) is 1. The van der Waals surface area contributed by atoms with E-state index < -0.39 is 17.5 Å². The third-order valence-corrected chi connectivity index (χ3v) is 4.45. The van der Waals surface area contributed by atoms with Gasteiger partial charge < -0.3 is 9.84 Å². The summed E-state index contributed by atoms with van der Waals surface area (Å²) in [6, 6.07) is 11.8. The fourth-order valence-corrected chi connectivity index (χ4v) is 3.12.